The SMILES string of the molecule is CCCCCCCCc1nc(CCCCCCCC)nc(NC(=O)CCC)n1. The molecule has 5 heteroatoms. The number of unbranched alkanes of at least 4 members (excludes halogenated alkanes) is 10. The lowest BCUT2D eigenvalue weighted by Gasteiger charge is -2.08. The molecule has 1 aromatic rings. The third kappa shape index (κ3) is 12.0. The number of rotatable bonds is 17. The van der Waals surface area contributed by atoms with Crippen LogP contribution in [0, 0.1) is 0 Å². The summed E-state index contributed by atoms with van der Waals surface area (Å²) in [5.41, 5.74) is 0. The molecule has 28 heavy (non-hydrogen) atoms. The molecule has 160 valence electrons. The zero-order valence-corrected chi connectivity index (χ0v) is 18.6. The van der Waals surface area contributed by atoms with Gasteiger partial charge in [-0.1, -0.05) is 85.0 Å². The minimum atomic E-state index is -0.00951. The Labute approximate surface area is 172 Å². The molecule has 0 aliphatic rings. The van der Waals surface area contributed by atoms with E-state index < -0.39 is 0 Å². The van der Waals surface area contributed by atoms with Crippen LogP contribution in [0.3, 0.4) is 0 Å². The highest BCUT2D eigenvalue weighted by Gasteiger charge is 2.09. The fraction of sp³-hybridized carbons (Fsp3) is 0.826. The van der Waals surface area contributed by atoms with Crippen molar-refractivity contribution in [3.63, 3.8) is 0 Å². The molecule has 0 atom stereocenters. The van der Waals surface area contributed by atoms with E-state index >= 15 is 0 Å². The second-order valence-corrected chi connectivity index (χ2v) is 7.83. The summed E-state index contributed by atoms with van der Waals surface area (Å²) in [7, 11) is 0. The van der Waals surface area contributed by atoms with E-state index in [9.17, 15) is 4.79 Å². The molecule has 0 unspecified atom stereocenters. The third-order valence-electron chi connectivity index (χ3n) is 4.96. The summed E-state index contributed by atoms with van der Waals surface area (Å²) in [6, 6.07) is 0. The van der Waals surface area contributed by atoms with Gasteiger partial charge in [0.2, 0.25) is 11.9 Å². The summed E-state index contributed by atoms with van der Waals surface area (Å²) >= 11 is 0. The van der Waals surface area contributed by atoms with Crippen LogP contribution in [0.5, 0.6) is 0 Å². The van der Waals surface area contributed by atoms with Gasteiger partial charge in [-0.3, -0.25) is 10.1 Å². The van der Waals surface area contributed by atoms with Gasteiger partial charge in [0.05, 0.1) is 0 Å². The molecule has 0 bridgehead atoms. The van der Waals surface area contributed by atoms with Crippen LogP contribution < -0.4 is 5.32 Å². The first-order valence-electron chi connectivity index (χ1n) is 11.7. The maximum absolute atomic E-state index is 11.9. The van der Waals surface area contributed by atoms with Gasteiger partial charge in [0.25, 0.3) is 0 Å². The number of aromatic nitrogens is 3. The zero-order valence-electron chi connectivity index (χ0n) is 18.6. The molecule has 0 radical (unpaired) electrons. The Morgan fingerprint density at radius 2 is 1.11 bits per heavy atom. The number of hydrogen-bond donors (Lipinski definition) is 1. The van der Waals surface area contributed by atoms with Crippen LogP contribution in [0.15, 0.2) is 0 Å². The number of nitrogens with zero attached hydrogens (tertiary/aromatic N) is 3. The van der Waals surface area contributed by atoms with E-state index in [0.29, 0.717) is 12.4 Å². The smallest absolute Gasteiger partial charge is 0.232 e. The standard InChI is InChI=1S/C23H42N4O/c1-4-7-9-11-13-15-18-20-24-21(19-16-14-12-10-8-5-2)26-23(25-20)27-22(28)17-6-3/h4-19H2,1-3H3,(H,24,25,26,27,28). The predicted molar refractivity (Wildman–Crippen MR) is 118 cm³/mol. The number of carbonyl (C=O) groups excluding carboxylic acids is 1. The highest BCUT2D eigenvalue weighted by molar-refractivity contribution is 5.88. The molecule has 0 saturated carbocycles. The van der Waals surface area contributed by atoms with Crippen molar-refractivity contribution in [3.05, 3.63) is 11.6 Å². The van der Waals surface area contributed by atoms with E-state index in [-0.39, 0.29) is 5.91 Å². The molecule has 0 aliphatic carbocycles. The summed E-state index contributed by atoms with van der Waals surface area (Å²) in [6.45, 7) is 6.48. The molecule has 1 N–H and O–H groups in total. The van der Waals surface area contributed by atoms with E-state index in [2.05, 4.69) is 34.1 Å². The molecular weight excluding hydrogens is 348 g/mol. The van der Waals surface area contributed by atoms with Crippen molar-refractivity contribution in [1.82, 2.24) is 15.0 Å². The molecule has 5 nitrogen and oxygen atoms in total. The number of amides is 1. The minimum Gasteiger partial charge on any atom is -0.294 e. The van der Waals surface area contributed by atoms with Crippen LogP contribution in [0.25, 0.3) is 0 Å². The third-order valence-corrected chi connectivity index (χ3v) is 4.96. The zero-order chi connectivity index (χ0) is 20.5. The van der Waals surface area contributed by atoms with Gasteiger partial charge in [-0.2, -0.15) is 9.97 Å². The van der Waals surface area contributed by atoms with Gasteiger partial charge in [-0.25, -0.2) is 4.98 Å². The summed E-state index contributed by atoms with van der Waals surface area (Å²) in [5.74, 6) is 2.09. The summed E-state index contributed by atoms with van der Waals surface area (Å²) < 4.78 is 0. The van der Waals surface area contributed by atoms with Crippen molar-refractivity contribution in [3.8, 4) is 0 Å². The first-order chi connectivity index (χ1) is 13.7. The predicted octanol–water partition coefficient (Wildman–Crippen LogP) is 6.42. The Hall–Kier alpha value is -1.52. The normalized spacial score (nSPS) is 11.0. The molecule has 0 spiro atoms. The van der Waals surface area contributed by atoms with Crippen molar-refractivity contribution in [2.75, 3.05) is 5.32 Å². The number of carbonyl (C=O) groups is 1. The van der Waals surface area contributed by atoms with Crippen LogP contribution in [-0.4, -0.2) is 20.9 Å². The summed E-state index contributed by atoms with van der Waals surface area (Å²) in [5, 5.41) is 2.86. The number of anilines is 1. The molecular formula is C23H42N4O. The average molecular weight is 391 g/mol. The van der Waals surface area contributed by atoms with Crippen molar-refractivity contribution in [2.24, 2.45) is 0 Å². The fourth-order valence-electron chi connectivity index (χ4n) is 3.29. The van der Waals surface area contributed by atoms with Gasteiger partial charge in [0.15, 0.2) is 0 Å². The second-order valence-electron chi connectivity index (χ2n) is 7.83. The Morgan fingerprint density at radius 3 is 1.57 bits per heavy atom. The number of hydrogen-bond acceptors (Lipinski definition) is 4. The number of nitrogens with one attached hydrogen (secondary N) is 1. The van der Waals surface area contributed by atoms with E-state index in [1.807, 2.05) is 6.92 Å². The van der Waals surface area contributed by atoms with E-state index in [0.717, 1.165) is 43.8 Å². The first kappa shape index (κ1) is 24.5. The van der Waals surface area contributed by atoms with Gasteiger partial charge in [-0.05, 0) is 19.3 Å². The maximum Gasteiger partial charge on any atom is 0.232 e. The van der Waals surface area contributed by atoms with Crippen LogP contribution in [-0.2, 0) is 17.6 Å². The van der Waals surface area contributed by atoms with Crippen LogP contribution >= 0.6 is 0 Å². The van der Waals surface area contributed by atoms with Crippen LogP contribution in [0.2, 0.25) is 0 Å². The van der Waals surface area contributed by atoms with Crippen molar-refractivity contribution in [1.29, 1.82) is 0 Å². The highest BCUT2D eigenvalue weighted by atomic mass is 16.1. The molecule has 1 heterocycles. The Bertz CT molecular complexity index is 499. The average Bonchev–Trinajstić information content (AvgIpc) is 2.67. The van der Waals surface area contributed by atoms with Gasteiger partial charge in [0, 0.05) is 19.3 Å². The molecule has 0 saturated heterocycles. The lowest BCUT2D eigenvalue weighted by atomic mass is 10.1. The van der Waals surface area contributed by atoms with E-state index in [1.165, 1.54) is 64.2 Å². The van der Waals surface area contributed by atoms with E-state index in [4.69, 9.17) is 0 Å². The maximum atomic E-state index is 11.9. The molecule has 1 amide bonds. The van der Waals surface area contributed by atoms with Crippen molar-refractivity contribution in [2.45, 2.75) is 124 Å². The lowest BCUT2D eigenvalue weighted by Crippen LogP contribution is -2.16. The van der Waals surface area contributed by atoms with E-state index in [1.54, 1.807) is 0 Å². The lowest BCUT2D eigenvalue weighted by molar-refractivity contribution is -0.116. The highest BCUT2D eigenvalue weighted by Crippen LogP contribution is 2.12. The molecule has 0 aromatic carbocycles. The van der Waals surface area contributed by atoms with Gasteiger partial charge >= 0.3 is 0 Å². The minimum absolute atomic E-state index is 0.00951. The Morgan fingerprint density at radius 1 is 0.643 bits per heavy atom. The van der Waals surface area contributed by atoms with Crippen LogP contribution in [0.4, 0.5) is 5.95 Å². The first-order valence-corrected chi connectivity index (χ1v) is 11.7. The topological polar surface area (TPSA) is 67.8 Å². The summed E-state index contributed by atoms with van der Waals surface area (Å²) in [4.78, 5) is 25.6. The van der Waals surface area contributed by atoms with Gasteiger partial charge < -0.3 is 0 Å². The monoisotopic (exact) mass is 390 g/mol. The number of aryl methyl sites for hydroxylation is 2. The molecule has 0 aliphatic heterocycles. The van der Waals surface area contributed by atoms with Crippen molar-refractivity contribution < 1.29 is 4.79 Å². The van der Waals surface area contributed by atoms with Crippen molar-refractivity contribution >= 4 is 11.9 Å². The van der Waals surface area contributed by atoms with Gasteiger partial charge in [0.1, 0.15) is 11.6 Å². The van der Waals surface area contributed by atoms with Gasteiger partial charge in [-0.15, -0.1) is 0 Å². The largest absolute Gasteiger partial charge is 0.294 e. The molecule has 0 fully saturated rings. The molecule has 1 rings (SSSR count). The van der Waals surface area contributed by atoms with Crippen LogP contribution in [0.1, 0.15) is 122 Å². The Balaban J connectivity index is 2.57. The quantitative estimate of drug-likeness (QED) is 0.312. The molecule has 1 aromatic heterocycles. The fourth-order valence-corrected chi connectivity index (χ4v) is 3.29. The summed E-state index contributed by atoms with van der Waals surface area (Å²) in [6.07, 6.45) is 18.1. The Kier molecular flexibility index (Phi) is 14.4. The second kappa shape index (κ2) is 16.4.